The van der Waals surface area contributed by atoms with E-state index in [1.165, 1.54) is 11.3 Å². The highest BCUT2D eigenvalue weighted by Crippen LogP contribution is 2.21. The zero-order valence-corrected chi connectivity index (χ0v) is 14.6. The fraction of sp³-hybridized carbons (Fsp3) is 0.105. The lowest BCUT2D eigenvalue weighted by molar-refractivity contribution is 0.415. The van der Waals surface area contributed by atoms with Gasteiger partial charge < -0.3 is 4.74 Å². The zero-order chi connectivity index (χ0) is 17.4. The Morgan fingerprint density at radius 3 is 2.56 bits per heavy atom. The maximum Gasteiger partial charge on any atom is 0.276 e. The van der Waals surface area contributed by atoms with Gasteiger partial charge in [0.05, 0.1) is 11.6 Å². The molecule has 0 atom stereocenters. The summed E-state index contributed by atoms with van der Waals surface area (Å²) in [6.07, 6.45) is 1.86. The summed E-state index contributed by atoms with van der Waals surface area (Å²) in [7, 11) is 1.63. The van der Waals surface area contributed by atoms with E-state index in [1.54, 1.807) is 11.5 Å². The van der Waals surface area contributed by atoms with Crippen molar-refractivity contribution in [2.24, 2.45) is 0 Å². The molecule has 0 bridgehead atoms. The molecule has 0 aliphatic carbocycles. The number of fused-ring (bicyclic) bond motifs is 1. The summed E-state index contributed by atoms with van der Waals surface area (Å²) in [6.45, 7) is 2.00. The minimum atomic E-state index is -0.0981. The van der Waals surface area contributed by atoms with E-state index >= 15 is 0 Å². The van der Waals surface area contributed by atoms with E-state index in [0.717, 1.165) is 22.4 Å². The van der Waals surface area contributed by atoms with Crippen LogP contribution in [0.4, 0.5) is 0 Å². The zero-order valence-electron chi connectivity index (χ0n) is 13.8. The van der Waals surface area contributed by atoms with Crippen LogP contribution in [-0.2, 0) is 0 Å². The summed E-state index contributed by atoms with van der Waals surface area (Å²) in [5.74, 6) is 1.37. The van der Waals surface area contributed by atoms with Crippen LogP contribution in [0.3, 0.4) is 0 Å². The lowest BCUT2D eigenvalue weighted by atomic mass is 10.1. The molecule has 6 heteroatoms. The number of thiazole rings is 1. The van der Waals surface area contributed by atoms with Crippen molar-refractivity contribution in [3.05, 3.63) is 74.5 Å². The van der Waals surface area contributed by atoms with E-state index in [4.69, 9.17) is 4.74 Å². The second-order valence-corrected chi connectivity index (χ2v) is 6.65. The van der Waals surface area contributed by atoms with Crippen LogP contribution in [0.5, 0.6) is 5.75 Å². The lowest BCUT2D eigenvalue weighted by Crippen LogP contribution is -2.23. The molecule has 5 nitrogen and oxygen atoms in total. The Balaban J connectivity index is 1.88. The molecular weight excluding hydrogens is 334 g/mol. The van der Waals surface area contributed by atoms with Crippen molar-refractivity contribution in [2.45, 2.75) is 6.92 Å². The van der Waals surface area contributed by atoms with E-state index in [9.17, 15) is 4.79 Å². The largest absolute Gasteiger partial charge is 0.497 e. The SMILES string of the molecule is COc1ccc(/C=c2/sc3nnc(-c4ccccc4C)n3c2=O)cc1. The highest BCUT2D eigenvalue weighted by molar-refractivity contribution is 7.15. The van der Waals surface area contributed by atoms with Gasteiger partial charge >= 0.3 is 0 Å². The maximum absolute atomic E-state index is 12.9. The van der Waals surface area contributed by atoms with Crippen molar-refractivity contribution < 1.29 is 4.74 Å². The van der Waals surface area contributed by atoms with Gasteiger partial charge in [-0.05, 0) is 36.3 Å². The minimum absolute atomic E-state index is 0.0981. The van der Waals surface area contributed by atoms with Crippen LogP contribution in [0.15, 0.2) is 53.3 Å². The van der Waals surface area contributed by atoms with E-state index in [2.05, 4.69) is 10.2 Å². The number of aromatic nitrogens is 3. The topological polar surface area (TPSA) is 56.5 Å². The third-order valence-electron chi connectivity index (χ3n) is 4.05. The first-order valence-corrected chi connectivity index (χ1v) is 8.59. The average Bonchev–Trinajstić information content (AvgIpc) is 3.17. The van der Waals surface area contributed by atoms with Gasteiger partial charge in [0.1, 0.15) is 5.75 Å². The molecule has 4 rings (SSSR count). The average molecular weight is 349 g/mol. The molecule has 2 heterocycles. The highest BCUT2D eigenvalue weighted by atomic mass is 32.1. The van der Waals surface area contributed by atoms with Crippen molar-refractivity contribution >= 4 is 22.4 Å². The molecule has 0 amide bonds. The first-order valence-electron chi connectivity index (χ1n) is 7.77. The predicted molar refractivity (Wildman–Crippen MR) is 99.1 cm³/mol. The smallest absolute Gasteiger partial charge is 0.276 e. The van der Waals surface area contributed by atoms with Gasteiger partial charge in [0.15, 0.2) is 5.82 Å². The standard InChI is InChI=1S/C19H15N3O2S/c1-12-5-3-4-6-15(12)17-20-21-19-22(17)18(23)16(25-19)11-13-7-9-14(24-2)10-8-13/h3-11H,1-2H3/b16-11+. The van der Waals surface area contributed by atoms with E-state index in [1.807, 2.05) is 61.5 Å². The summed E-state index contributed by atoms with van der Waals surface area (Å²) in [6, 6.07) is 15.4. The Hall–Kier alpha value is -2.99. The maximum atomic E-state index is 12.9. The molecule has 2 aromatic heterocycles. The van der Waals surface area contributed by atoms with Gasteiger partial charge in [0.2, 0.25) is 4.96 Å². The van der Waals surface area contributed by atoms with Crippen LogP contribution < -0.4 is 14.8 Å². The third kappa shape index (κ3) is 2.70. The van der Waals surface area contributed by atoms with Crippen LogP contribution in [0.1, 0.15) is 11.1 Å². The number of methoxy groups -OCH3 is 1. The van der Waals surface area contributed by atoms with Crippen molar-refractivity contribution in [1.82, 2.24) is 14.6 Å². The second kappa shape index (κ2) is 6.14. The van der Waals surface area contributed by atoms with Crippen LogP contribution in [0.2, 0.25) is 0 Å². The van der Waals surface area contributed by atoms with E-state index < -0.39 is 0 Å². The quantitative estimate of drug-likeness (QED) is 0.571. The van der Waals surface area contributed by atoms with Gasteiger partial charge in [-0.3, -0.25) is 4.79 Å². The third-order valence-corrected chi connectivity index (χ3v) is 5.01. The van der Waals surface area contributed by atoms with Gasteiger partial charge in [0, 0.05) is 5.56 Å². The summed E-state index contributed by atoms with van der Waals surface area (Å²) in [4.78, 5) is 13.5. The normalized spacial score (nSPS) is 12.0. The first kappa shape index (κ1) is 15.5. The van der Waals surface area contributed by atoms with Crippen LogP contribution in [0.25, 0.3) is 22.4 Å². The number of benzene rings is 2. The number of hydrogen-bond acceptors (Lipinski definition) is 5. The number of hydrogen-bond donors (Lipinski definition) is 0. The number of aryl methyl sites for hydroxylation is 1. The molecular formula is C19H15N3O2S. The molecule has 0 fully saturated rings. The monoisotopic (exact) mass is 349 g/mol. The molecule has 0 N–H and O–H groups in total. The molecule has 0 saturated carbocycles. The minimum Gasteiger partial charge on any atom is -0.497 e. The van der Waals surface area contributed by atoms with E-state index in [0.29, 0.717) is 15.3 Å². The summed E-state index contributed by atoms with van der Waals surface area (Å²) in [5.41, 5.74) is 2.82. The Kier molecular flexibility index (Phi) is 3.82. The van der Waals surface area contributed by atoms with Crippen LogP contribution in [0, 0.1) is 6.92 Å². The Morgan fingerprint density at radius 2 is 1.84 bits per heavy atom. The van der Waals surface area contributed by atoms with Gasteiger partial charge in [-0.15, -0.1) is 10.2 Å². The van der Waals surface area contributed by atoms with Crippen molar-refractivity contribution in [2.75, 3.05) is 7.11 Å². The number of rotatable bonds is 3. The van der Waals surface area contributed by atoms with Crippen molar-refractivity contribution in [3.8, 4) is 17.1 Å². The molecule has 0 aliphatic heterocycles. The predicted octanol–water partition coefficient (Wildman–Crippen LogP) is 2.68. The number of nitrogens with zero attached hydrogens (tertiary/aromatic N) is 3. The summed E-state index contributed by atoms with van der Waals surface area (Å²) in [5, 5.41) is 8.39. The Morgan fingerprint density at radius 1 is 1.08 bits per heavy atom. The molecule has 4 aromatic rings. The molecule has 2 aromatic carbocycles. The first-order chi connectivity index (χ1) is 12.2. The van der Waals surface area contributed by atoms with Crippen LogP contribution in [-0.4, -0.2) is 21.7 Å². The number of ether oxygens (including phenoxy) is 1. The Labute approximate surface area is 147 Å². The van der Waals surface area contributed by atoms with Gasteiger partial charge in [0.25, 0.3) is 5.56 Å². The molecule has 25 heavy (non-hydrogen) atoms. The van der Waals surface area contributed by atoms with Crippen molar-refractivity contribution in [3.63, 3.8) is 0 Å². The fourth-order valence-electron chi connectivity index (χ4n) is 2.71. The summed E-state index contributed by atoms with van der Waals surface area (Å²) >= 11 is 1.34. The Bertz CT molecular complexity index is 1160. The lowest BCUT2D eigenvalue weighted by Gasteiger charge is -2.01. The van der Waals surface area contributed by atoms with Crippen LogP contribution >= 0.6 is 11.3 Å². The second-order valence-electron chi connectivity index (χ2n) is 5.65. The molecule has 0 radical (unpaired) electrons. The van der Waals surface area contributed by atoms with Gasteiger partial charge in [-0.2, -0.15) is 0 Å². The van der Waals surface area contributed by atoms with Gasteiger partial charge in [-0.25, -0.2) is 4.40 Å². The molecule has 0 spiro atoms. The van der Waals surface area contributed by atoms with Gasteiger partial charge in [-0.1, -0.05) is 47.7 Å². The molecule has 0 saturated heterocycles. The molecule has 0 unspecified atom stereocenters. The fourth-order valence-corrected chi connectivity index (χ4v) is 3.62. The molecule has 124 valence electrons. The van der Waals surface area contributed by atoms with E-state index in [-0.39, 0.29) is 5.56 Å². The highest BCUT2D eigenvalue weighted by Gasteiger charge is 2.15. The summed E-state index contributed by atoms with van der Waals surface area (Å²) < 4.78 is 7.37. The van der Waals surface area contributed by atoms with Crippen molar-refractivity contribution in [1.29, 1.82) is 0 Å². The molecule has 0 aliphatic rings.